The molecule has 0 spiro atoms. The van der Waals surface area contributed by atoms with Crippen LogP contribution in [0.5, 0.6) is 0 Å². The third-order valence-electron chi connectivity index (χ3n) is 3.38. The molecule has 0 radical (unpaired) electrons. The van der Waals surface area contributed by atoms with E-state index >= 15 is 0 Å². The molecule has 8 heteroatoms. The molecule has 0 aliphatic rings. The summed E-state index contributed by atoms with van der Waals surface area (Å²) >= 11 is 3.38. The van der Waals surface area contributed by atoms with Gasteiger partial charge in [-0.3, -0.25) is 4.79 Å². The fourth-order valence-corrected chi connectivity index (χ4v) is 2.50. The molecule has 0 aliphatic heterocycles. The molecular weight excluding hydrogens is 364 g/mol. The van der Waals surface area contributed by atoms with Crippen LogP contribution in [0, 0.1) is 12.8 Å². The van der Waals surface area contributed by atoms with Crippen LogP contribution >= 0.6 is 15.9 Å². The highest BCUT2D eigenvalue weighted by Crippen LogP contribution is 2.17. The summed E-state index contributed by atoms with van der Waals surface area (Å²) in [7, 11) is 0. The summed E-state index contributed by atoms with van der Waals surface area (Å²) in [6, 6.07) is 6.43. The number of carbonyl (C=O) groups is 2. The number of amides is 1. The van der Waals surface area contributed by atoms with Crippen LogP contribution in [0.2, 0.25) is 0 Å². The van der Waals surface area contributed by atoms with Crippen LogP contribution in [0.3, 0.4) is 0 Å². The predicted molar refractivity (Wildman–Crippen MR) is 87.5 cm³/mol. The maximum atomic E-state index is 12.3. The van der Waals surface area contributed by atoms with Gasteiger partial charge >= 0.3 is 5.97 Å². The summed E-state index contributed by atoms with van der Waals surface area (Å²) in [5.41, 5.74) is 1.40. The molecule has 2 N–H and O–H groups in total. The zero-order chi connectivity index (χ0) is 17.1. The van der Waals surface area contributed by atoms with Gasteiger partial charge < -0.3 is 10.4 Å². The Morgan fingerprint density at radius 3 is 2.61 bits per heavy atom. The van der Waals surface area contributed by atoms with E-state index in [4.69, 9.17) is 5.11 Å². The van der Waals surface area contributed by atoms with Crippen LogP contribution in [0.25, 0.3) is 5.69 Å². The lowest BCUT2D eigenvalue weighted by molar-refractivity contribution is -0.140. The highest BCUT2D eigenvalue weighted by atomic mass is 79.9. The lowest BCUT2D eigenvalue weighted by Crippen LogP contribution is -2.44. The van der Waals surface area contributed by atoms with Crippen molar-refractivity contribution in [1.82, 2.24) is 20.3 Å². The van der Waals surface area contributed by atoms with Gasteiger partial charge in [0.25, 0.3) is 5.91 Å². The summed E-state index contributed by atoms with van der Waals surface area (Å²) in [6.07, 6.45) is 0. The second-order valence-electron chi connectivity index (χ2n) is 5.45. The zero-order valence-electron chi connectivity index (χ0n) is 12.9. The van der Waals surface area contributed by atoms with Gasteiger partial charge in [0.05, 0.1) is 11.4 Å². The molecule has 2 rings (SSSR count). The fraction of sp³-hybridized carbons (Fsp3) is 0.333. The predicted octanol–water partition coefficient (Wildman–Crippen LogP) is 2.18. The van der Waals surface area contributed by atoms with Crippen LogP contribution in [0.4, 0.5) is 0 Å². The van der Waals surface area contributed by atoms with Crippen LogP contribution in [-0.2, 0) is 4.79 Å². The smallest absolute Gasteiger partial charge is 0.326 e. The second kappa shape index (κ2) is 6.91. The molecule has 7 nitrogen and oxygen atoms in total. The van der Waals surface area contributed by atoms with E-state index in [0.29, 0.717) is 5.69 Å². The summed E-state index contributed by atoms with van der Waals surface area (Å²) in [5.74, 6) is -1.87. The SMILES string of the molecule is Cc1c(C(=O)N[C@@H](C(=O)O)C(C)C)nnn1-c1cccc(Br)c1. The van der Waals surface area contributed by atoms with Gasteiger partial charge in [-0.2, -0.15) is 0 Å². The normalized spacial score (nSPS) is 12.2. The van der Waals surface area contributed by atoms with Crippen molar-refractivity contribution in [3.05, 3.63) is 40.1 Å². The first-order chi connectivity index (χ1) is 10.8. The summed E-state index contributed by atoms with van der Waals surface area (Å²) in [6.45, 7) is 5.16. The molecule has 0 bridgehead atoms. The first-order valence-electron chi connectivity index (χ1n) is 7.03. The van der Waals surface area contributed by atoms with Gasteiger partial charge in [-0.1, -0.05) is 41.1 Å². The molecule has 1 heterocycles. The first kappa shape index (κ1) is 17.1. The second-order valence-corrected chi connectivity index (χ2v) is 6.36. The number of aromatic nitrogens is 3. The van der Waals surface area contributed by atoms with Gasteiger partial charge in [-0.25, -0.2) is 9.48 Å². The summed E-state index contributed by atoms with van der Waals surface area (Å²) in [4.78, 5) is 23.5. The number of carboxylic acids is 1. The number of benzene rings is 1. The largest absolute Gasteiger partial charge is 0.480 e. The number of halogens is 1. The molecule has 0 saturated carbocycles. The topological polar surface area (TPSA) is 97.1 Å². The summed E-state index contributed by atoms with van der Waals surface area (Å²) < 4.78 is 2.41. The average molecular weight is 381 g/mol. The van der Waals surface area contributed by atoms with Crippen molar-refractivity contribution in [2.45, 2.75) is 26.8 Å². The number of nitrogens with zero attached hydrogens (tertiary/aromatic N) is 3. The van der Waals surface area contributed by atoms with Crippen LogP contribution < -0.4 is 5.32 Å². The third kappa shape index (κ3) is 3.76. The van der Waals surface area contributed by atoms with E-state index in [2.05, 4.69) is 31.6 Å². The molecule has 1 aromatic carbocycles. The highest BCUT2D eigenvalue weighted by molar-refractivity contribution is 9.10. The van der Waals surface area contributed by atoms with Crippen molar-refractivity contribution in [3.63, 3.8) is 0 Å². The lowest BCUT2D eigenvalue weighted by Gasteiger charge is -2.17. The molecule has 1 atom stereocenters. The monoisotopic (exact) mass is 380 g/mol. The molecule has 1 amide bonds. The maximum absolute atomic E-state index is 12.3. The third-order valence-corrected chi connectivity index (χ3v) is 3.87. The Morgan fingerprint density at radius 1 is 1.35 bits per heavy atom. The van der Waals surface area contributed by atoms with Gasteiger partial charge in [0.2, 0.25) is 0 Å². The molecule has 0 aliphatic carbocycles. The van der Waals surface area contributed by atoms with E-state index in [1.807, 2.05) is 24.3 Å². The average Bonchev–Trinajstić information content (AvgIpc) is 2.85. The van der Waals surface area contributed by atoms with Crippen molar-refractivity contribution in [3.8, 4) is 5.69 Å². The molecule has 2 aromatic rings. The van der Waals surface area contributed by atoms with E-state index < -0.39 is 17.9 Å². The van der Waals surface area contributed by atoms with E-state index in [0.717, 1.165) is 10.2 Å². The number of hydrogen-bond acceptors (Lipinski definition) is 4. The van der Waals surface area contributed by atoms with Gasteiger partial charge in [-0.05, 0) is 31.0 Å². The van der Waals surface area contributed by atoms with Gasteiger partial charge in [-0.15, -0.1) is 5.10 Å². The molecule has 0 unspecified atom stereocenters. The quantitative estimate of drug-likeness (QED) is 0.828. The Labute approximate surface area is 141 Å². The number of aliphatic carboxylic acids is 1. The maximum Gasteiger partial charge on any atom is 0.326 e. The molecule has 1 aromatic heterocycles. The first-order valence-corrected chi connectivity index (χ1v) is 7.82. The van der Waals surface area contributed by atoms with Crippen molar-refractivity contribution >= 4 is 27.8 Å². The Morgan fingerprint density at radius 2 is 2.04 bits per heavy atom. The molecule has 122 valence electrons. The van der Waals surface area contributed by atoms with Crippen molar-refractivity contribution < 1.29 is 14.7 Å². The fourth-order valence-electron chi connectivity index (χ4n) is 2.12. The van der Waals surface area contributed by atoms with Crippen molar-refractivity contribution in [1.29, 1.82) is 0 Å². The number of hydrogen-bond donors (Lipinski definition) is 2. The Balaban J connectivity index is 2.28. The van der Waals surface area contributed by atoms with Crippen molar-refractivity contribution in [2.24, 2.45) is 5.92 Å². The molecule has 0 fully saturated rings. The Bertz CT molecular complexity index is 742. The van der Waals surface area contributed by atoms with Gasteiger partial charge in [0, 0.05) is 4.47 Å². The van der Waals surface area contributed by atoms with Gasteiger partial charge in [0.1, 0.15) is 6.04 Å². The standard InChI is InChI=1S/C15H17BrN4O3/c1-8(2)12(15(22)23)17-14(21)13-9(3)20(19-18-13)11-6-4-5-10(16)7-11/h4-8,12H,1-3H3,(H,17,21)(H,22,23)/t12-/m1/s1. The minimum Gasteiger partial charge on any atom is -0.480 e. The Kier molecular flexibility index (Phi) is 5.15. The van der Waals surface area contributed by atoms with E-state index in [1.165, 1.54) is 4.68 Å². The Hall–Kier alpha value is -2.22. The molecular formula is C15H17BrN4O3. The zero-order valence-corrected chi connectivity index (χ0v) is 14.5. The number of nitrogens with one attached hydrogen (secondary N) is 1. The summed E-state index contributed by atoms with van der Waals surface area (Å²) in [5, 5.41) is 19.5. The minimum absolute atomic E-state index is 0.108. The van der Waals surface area contributed by atoms with E-state index in [-0.39, 0.29) is 11.6 Å². The lowest BCUT2D eigenvalue weighted by atomic mass is 10.0. The van der Waals surface area contributed by atoms with Crippen LogP contribution in [-0.4, -0.2) is 38.0 Å². The van der Waals surface area contributed by atoms with E-state index in [9.17, 15) is 9.59 Å². The number of rotatable bonds is 5. The van der Waals surface area contributed by atoms with Crippen LogP contribution in [0.15, 0.2) is 28.7 Å². The number of carbonyl (C=O) groups excluding carboxylic acids is 1. The molecule has 0 saturated heterocycles. The minimum atomic E-state index is -1.08. The van der Waals surface area contributed by atoms with E-state index in [1.54, 1.807) is 20.8 Å². The highest BCUT2D eigenvalue weighted by Gasteiger charge is 2.26. The number of carboxylic acid groups (broad SMARTS) is 1. The van der Waals surface area contributed by atoms with Gasteiger partial charge in [0.15, 0.2) is 5.69 Å². The molecule has 23 heavy (non-hydrogen) atoms. The van der Waals surface area contributed by atoms with Crippen molar-refractivity contribution in [2.75, 3.05) is 0 Å². The van der Waals surface area contributed by atoms with Crippen LogP contribution in [0.1, 0.15) is 30.0 Å².